The third kappa shape index (κ3) is 7.62. The summed E-state index contributed by atoms with van der Waals surface area (Å²) in [6.07, 6.45) is 0.296. The number of rotatable bonds is 8. The van der Waals surface area contributed by atoms with Gasteiger partial charge in [0.05, 0.1) is 12.2 Å². The fraction of sp³-hybridized carbons (Fsp3) is 0.391. The highest BCUT2D eigenvalue weighted by Crippen LogP contribution is 2.30. The summed E-state index contributed by atoms with van der Waals surface area (Å²) in [4.78, 5) is 23.5. The molecular weight excluding hydrogens is 356 g/mol. The van der Waals surface area contributed by atoms with Crippen LogP contribution in [0.15, 0.2) is 60.7 Å². The molecule has 0 fully saturated rings. The first-order valence-electron chi connectivity index (χ1n) is 9.41. The predicted molar refractivity (Wildman–Crippen MR) is 109 cm³/mol. The third-order valence-corrected chi connectivity index (χ3v) is 3.91. The lowest BCUT2D eigenvalue weighted by Gasteiger charge is -2.27. The molecule has 2 rings (SSSR count). The van der Waals surface area contributed by atoms with Gasteiger partial charge in [-0.2, -0.15) is 0 Å². The Kier molecular flexibility index (Phi) is 9.56. The molecule has 0 aromatic heterocycles. The van der Waals surface area contributed by atoms with Crippen LogP contribution >= 0.6 is 0 Å². The second-order valence-electron chi connectivity index (χ2n) is 7.05. The number of carbonyl (C=O) groups is 2. The number of carboxylic acid groups (broad SMARTS) is 1. The number of aliphatic carboxylic acids is 1. The van der Waals surface area contributed by atoms with Crippen molar-refractivity contribution in [3.63, 3.8) is 0 Å². The first-order valence-corrected chi connectivity index (χ1v) is 9.41. The number of benzene rings is 2. The van der Waals surface area contributed by atoms with Crippen molar-refractivity contribution in [3.8, 4) is 0 Å². The number of hydrogen-bond donors (Lipinski definition) is 2. The van der Waals surface area contributed by atoms with Gasteiger partial charge in [-0.05, 0) is 39.7 Å². The van der Waals surface area contributed by atoms with Crippen molar-refractivity contribution in [2.24, 2.45) is 0 Å². The van der Waals surface area contributed by atoms with E-state index in [-0.39, 0.29) is 12.8 Å². The van der Waals surface area contributed by atoms with Crippen LogP contribution in [0.25, 0.3) is 0 Å². The Labute approximate surface area is 167 Å². The molecule has 0 radical (unpaired) electrons. The summed E-state index contributed by atoms with van der Waals surface area (Å²) in [6, 6.07) is 16.8. The van der Waals surface area contributed by atoms with Gasteiger partial charge in [0, 0.05) is 12.0 Å². The first-order chi connectivity index (χ1) is 13.2. The van der Waals surface area contributed by atoms with Crippen LogP contribution in [0.1, 0.15) is 56.5 Å². The Morgan fingerprint density at radius 2 is 1.36 bits per heavy atom. The van der Waals surface area contributed by atoms with Crippen LogP contribution in [0.3, 0.4) is 0 Å². The van der Waals surface area contributed by atoms with E-state index in [1.54, 1.807) is 60.7 Å². The van der Waals surface area contributed by atoms with Crippen LogP contribution in [0.4, 0.5) is 0 Å². The highest BCUT2D eigenvalue weighted by molar-refractivity contribution is 6.03. The second-order valence-corrected chi connectivity index (χ2v) is 7.05. The number of carbonyl (C=O) groups excluding carboxylic acids is 1. The Bertz CT molecular complexity index is 719. The number of carboxylic acids is 1. The van der Waals surface area contributed by atoms with E-state index in [2.05, 4.69) is 0 Å². The standard InChI is InChI=1S/C17H16O4.C6H14O/c18-15(19)11-12-17(21,14-9-5-2-6-10-14)16(20)13-7-3-1-4-8-13;1-5(2)7-6(3)4/h1-10,21H,11-12H2,(H,18,19);5-6H,1-4H3. The van der Waals surface area contributed by atoms with E-state index in [0.29, 0.717) is 23.3 Å². The molecule has 0 spiro atoms. The van der Waals surface area contributed by atoms with Gasteiger partial charge in [0.25, 0.3) is 0 Å². The normalized spacial score (nSPS) is 12.8. The van der Waals surface area contributed by atoms with Crippen LogP contribution in [0.5, 0.6) is 0 Å². The van der Waals surface area contributed by atoms with Gasteiger partial charge in [0.1, 0.15) is 0 Å². The molecule has 2 aromatic carbocycles. The van der Waals surface area contributed by atoms with Gasteiger partial charge < -0.3 is 14.9 Å². The maximum atomic E-state index is 12.6. The summed E-state index contributed by atoms with van der Waals surface area (Å²) in [7, 11) is 0. The smallest absolute Gasteiger partial charge is 0.303 e. The van der Waals surface area contributed by atoms with Crippen LogP contribution in [-0.4, -0.2) is 34.2 Å². The Hall–Kier alpha value is -2.50. The van der Waals surface area contributed by atoms with Gasteiger partial charge in [-0.3, -0.25) is 9.59 Å². The van der Waals surface area contributed by atoms with E-state index in [1.165, 1.54) is 0 Å². The SMILES string of the molecule is CC(C)OC(C)C.O=C(O)CCC(O)(C(=O)c1ccccc1)c1ccccc1. The molecule has 0 heterocycles. The molecule has 28 heavy (non-hydrogen) atoms. The maximum absolute atomic E-state index is 12.6. The van der Waals surface area contributed by atoms with E-state index in [4.69, 9.17) is 9.84 Å². The summed E-state index contributed by atoms with van der Waals surface area (Å²) in [5, 5.41) is 19.7. The van der Waals surface area contributed by atoms with E-state index >= 15 is 0 Å². The first kappa shape index (κ1) is 23.5. The van der Waals surface area contributed by atoms with Gasteiger partial charge in [0.15, 0.2) is 11.4 Å². The van der Waals surface area contributed by atoms with E-state index in [9.17, 15) is 14.7 Å². The van der Waals surface area contributed by atoms with Crippen molar-refractivity contribution in [1.82, 2.24) is 0 Å². The lowest BCUT2D eigenvalue weighted by atomic mass is 9.82. The molecule has 152 valence electrons. The molecule has 0 aliphatic carbocycles. The molecule has 0 bridgehead atoms. The Morgan fingerprint density at radius 3 is 1.75 bits per heavy atom. The van der Waals surface area contributed by atoms with Crippen molar-refractivity contribution in [2.75, 3.05) is 0 Å². The molecule has 5 heteroatoms. The van der Waals surface area contributed by atoms with Crippen LogP contribution in [0, 0.1) is 0 Å². The van der Waals surface area contributed by atoms with Gasteiger partial charge in [-0.1, -0.05) is 60.7 Å². The zero-order valence-corrected chi connectivity index (χ0v) is 17.0. The van der Waals surface area contributed by atoms with Crippen molar-refractivity contribution >= 4 is 11.8 Å². The lowest BCUT2D eigenvalue weighted by molar-refractivity contribution is -0.138. The minimum Gasteiger partial charge on any atom is -0.481 e. The van der Waals surface area contributed by atoms with Crippen molar-refractivity contribution in [3.05, 3.63) is 71.8 Å². The molecule has 0 aliphatic heterocycles. The quantitative estimate of drug-likeness (QED) is 0.655. The highest BCUT2D eigenvalue weighted by Gasteiger charge is 2.38. The third-order valence-electron chi connectivity index (χ3n) is 3.91. The topological polar surface area (TPSA) is 83.8 Å². The van der Waals surface area contributed by atoms with Crippen molar-refractivity contribution in [2.45, 2.75) is 58.3 Å². The van der Waals surface area contributed by atoms with Crippen molar-refractivity contribution in [1.29, 1.82) is 0 Å². The molecule has 0 saturated carbocycles. The zero-order valence-electron chi connectivity index (χ0n) is 17.0. The minimum absolute atomic E-state index is 0.167. The molecule has 1 unspecified atom stereocenters. The van der Waals surface area contributed by atoms with Crippen molar-refractivity contribution < 1.29 is 24.5 Å². The van der Waals surface area contributed by atoms with E-state index in [0.717, 1.165) is 0 Å². The van der Waals surface area contributed by atoms with Gasteiger partial charge in [-0.15, -0.1) is 0 Å². The van der Waals surface area contributed by atoms with Gasteiger partial charge in [-0.25, -0.2) is 0 Å². The fourth-order valence-corrected chi connectivity index (χ4v) is 2.76. The number of hydrogen-bond acceptors (Lipinski definition) is 4. The van der Waals surface area contributed by atoms with E-state index in [1.807, 2.05) is 27.7 Å². The fourth-order valence-electron chi connectivity index (χ4n) is 2.76. The molecule has 1 atom stereocenters. The summed E-state index contributed by atoms with van der Waals surface area (Å²) in [5.74, 6) is -1.54. The maximum Gasteiger partial charge on any atom is 0.303 e. The number of ether oxygens (including phenoxy) is 1. The van der Waals surface area contributed by atoms with Crippen LogP contribution in [-0.2, 0) is 15.1 Å². The molecule has 5 nitrogen and oxygen atoms in total. The summed E-state index contributed by atoms with van der Waals surface area (Å²) in [6.45, 7) is 8.17. The van der Waals surface area contributed by atoms with Gasteiger partial charge >= 0.3 is 5.97 Å². The monoisotopic (exact) mass is 386 g/mol. The molecule has 0 saturated heterocycles. The molecule has 0 amide bonds. The largest absolute Gasteiger partial charge is 0.481 e. The summed E-state index contributed by atoms with van der Waals surface area (Å²) < 4.78 is 5.25. The zero-order chi connectivity index (χ0) is 21.2. The molecule has 2 N–H and O–H groups in total. The Balaban J connectivity index is 0.000000480. The average Bonchev–Trinajstić information content (AvgIpc) is 2.66. The summed E-state index contributed by atoms with van der Waals surface area (Å²) >= 11 is 0. The molecular formula is C23H30O5. The summed E-state index contributed by atoms with van der Waals surface area (Å²) in [5.41, 5.74) is -1.07. The second kappa shape index (κ2) is 11.4. The predicted octanol–water partition coefficient (Wildman–Crippen LogP) is 4.44. The Morgan fingerprint density at radius 1 is 0.893 bits per heavy atom. The van der Waals surface area contributed by atoms with Crippen LogP contribution < -0.4 is 0 Å². The highest BCUT2D eigenvalue weighted by atomic mass is 16.5. The molecule has 2 aromatic rings. The number of aliphatic hydroxyl groups is 1. The minimum atomic E-state index is -1.83. The molecule has 0 aliphatic rings. The number of ketones is 1. The number of Topliss-reactive ketones (excluding diaryl/α,β-unsaturated/α-hetero) is 1. The van der Waals surface area contributed by atoms with Gasteiger partial charge in [0.2, 0.25) is 0 Å². The average molecular weight is 386 g/mol. The van der Waals surface area contributed by atoms with Crippen LogP contribution in [0.2, 0.25) is 0 Å². The lowest BCUT2D eigenvalue weighted by Crippen LogP contribution is -2.36. The van der Waals surface area contributed by atoms with E-state index < -0.39 is 17.4 Å².